The summed E-state index contributed by atoms with van der Waals surface area (Å²) in [4.78, 5) is 4.05. The minimum atomic E-state index is 0.247. The van der Waals surface area contributed by atoms with Crippen molar-refractivity contribution in [3.8, 4) is 0 Å². The average Bonchev–Trinajstić information content (AvgIpc) is 1.98. The Hall–Kier alpha value is -0.830. The molecule has 64 valence electrons. The Bertz CT molecular complexity index is 149. The molecule has 0 radical (unpaired) electrons. The maximum atomic E-state index is 5.62. The molecule has 0 bridgehead atoms. The Morgan fingerprint density at radius 3 is 2.64 bits per heavy atom. The fraction of sp³-hybridized carbons (Fsp3) is 0.625. The maximum Gasteiger partial charge on any atom is 0.135 e. The molecule has 3 heteroatoms. The van der Waals surface area contributed by atoms with Crippen LogP contribution in [0.15, 0.2) is 17.4 Å². The number of rotatable bonds is 4. The van der Waals surface area contributed by atoms with Crippen molar-refractivity contribution in [1.82, 2.24) is 5.01 Å². The lowest BCUT2D eigenvalue weighted by atomic mass is 10.4. The molecule has 0 aromatic heterocycles. The smallest absolute Gasteiger partial charge is 0.135 e. The van der Waals surface area contributed by atoms with Crippen LogP contribution in [-0.4, -0.2) is 17.3 Å². The molecule has 0 saturated heterocycles. The predicted molar refractivity (Wildman–Crippen MR) is 49.1 cm³/mol. The third-order valence-electron chi connectivity index (χ3n) is 1.28. The van der Waals surface area contributed by atoms with Gasteiger partial charge in [-0.05, 0) is 20.3 Å². The first-order valence-electron chi connectivity index (χ1n) is 3.85. The van der Waals surface area contributed by atoms with E-state index in [0.29, 0.717) is 5.82 Å². The van der Waals surface area contributed by atoms with Crippen molar-refractivity contribution in [3.63, 3.8) is 0 Å². The van der Waals surface area contributed by atoms with E-state index in [1.807, 2.05) is 20.8 Å². The van der Waals surface area contributed by atoms with Crippen molar-refractivity contribution in [1.29, 1.82) is 0 Å². The van der Waals surface area contributed by atoms with E-state index >= 15 is 0 Å². The second-order valence-electron chi connectivity index (χ2n) is 2.64. The van der Waals surface area contributed by atoms with Gasteiger partial charge < -0.3 is 0 Å². The van der Waals surface area contributed by atoms with Gasteiger partial charge in [-0.25, -0.2) is 10.8 Å². The van der Waals surface area contributed by atoms with Crippen LogP contribution in [0.4, 0.5) is 0 Å². The van der Waals surface area contributed by atoms with Crippen molar-refractivity contribution < 1.29 is 0 Å². The van der Waals surface area contributed by atoms with Crippen LogP contribution in [0.1, 0.15) is 27.2 Å². The number of nitrogens with two attached hydrogens (primary N) is 1. The SMILES string of the molecule is C=C(/N=C\CC)N(N)C(C)C. The predicted octanol–water partition coefficient (Wildman–Crippen LogP) is 1.52. The molecular formula is C8H17N3. The van der Waals surface area contributed by atoms with Crippen molar-refractivity contribution in [3.05, 3.63) is 12.4 Å². The molecule has 0 rings (SSSR count). The minimum absolute atomic E-state index is 0.247. The second kappa shape index (κ2) is 4.91. The molecule has 0 fully saturated rings. The summed E-state index contributed by atoms with van der Waals surface area (Å²) in [5.41, 5.74) is 0. The first-order valence-corrected chi connectivity index (χ1v) is 3.85. The number of hydrogen-bond donors (Lipinski definition) is 1. The van der Waals surface area contributed by atoms with E-state index in [4.69, 9.17) is 5.84 Å². The highest BCUT2D eigenvalue weighted by Crippen LogP contribution is 2.01. The highest BCUT2D eigenvalue weighted by Gasteiger charge is 2.03. The van der Waals surface area contributed by atoms with Crippen LogP contribution in [0.25, 0.3) is 0 Å². The van der Waals surface area contributed by atoms with Crippen LogP contribution >= 0.6 is 0 Å². The van der Waals surface area contributed by atoms with Crippen LogP contribution < -0.4 is 5.84 Å². The summed E-state index contributed by atoms with van der Waals surface area (Å²) < 4.78 is 0. The van der Waals surface area contributed by atoms with Gasteiger partial charge in [0, 0.05) is 12.3 Å². The molecule has 3 nitrogen and oxygen atoms in total. The van der Waals surface area contributed by atoms with E-state index in [1.54, 1.807) is 11.2 Å². The normalized spacial score (nSPS) is 11.0. The number of hydrazine groups is 1. The topological polar surface area (TPSA) is 41.6 Å². The van der Waals surface area contributed by atoms with E-state index in [-0.39, 0.29) is 6.04 Å². The van der Waals surface area contributed by atoms with Crippen LogP contribution in [0, 0.1) is 0 Å². The molecule has 11 heavy (non-hydrogen) atoms. The van der Waals surface area contributed by atoms with E-state index in [2.05, 4.69) is 11.6 Å². The third kappa shape index (κ3) is 3.78. The van der Waals surface area contributed by atoms with Crippen LogP contribution in [0.2, 0.25) is 0 Å². The summed E-state index contributed by atoms with van der Waals surface area (Å²) in [6.07, 6.45) is 2.70. The summed E-state index contributed by atoms with van der Waals surface area (Å²) in [5.74, 6) is 6.23. The quantitative estimate of drug-likeness (QED) is 0.380. The largest absolute Gasteiger partial charge is 0.293 e. The van der Waals surface area contributed by atoms with Crippen molar-refractivity contribution >= 4 is 6.21 Å². The molecule has 2 N–H and O–H groups in total. The van der Waals surface area contributed by atoms with Gasteiger partial charge in [0.1, 0.15) is 5.82 Å². The molecule has 0 heterocycles. The molecule has 0 amide bonds. The van der Waals surface area contributed by atoms with E-state index in [1.165, 1.54) is 0 Å². The summed E-state index contributed by atoms with van der Waals surface area (Å²) in [6.45, 7) is 9.72. The number of aliphatic imine (C=N–C) groups is 1. The molecule has 0 aromatic rings. The third-order valence-corrected chi connectivity index (χ3v) is 1.28. The van der Waals surface area contributed by atoms with E-state index < -0.39 is 0 Å². The van der Waals surface area contributed by atoms with Crippen molar-refractivity contribution in [2.45, 2.75) is 33.2 Å². The zero-order valence-electron chi connectivity index (χ0n) is 7.54. The molecule has 0 unspecified atom stereocenters. The molecule has 0 saturated carbocycles. The van der Waals surface area contributed by atoms with Gasteiger partial charge in [-0.15, -0.1) is 0 Å². The molecule has 0 atom stereocenters. The van der Waals surface area contributed by atoms with E-state index in [9.17, 15) is 0 Å². The molecule has 0 aliphatic rings. The highest BCUT2D eigenvalue weighted by atomic mass is 15.5. The molecule has 0 spiro atoms. The van der Waals surface area contributed by atoms with Gasteiger partial charge >= 0.3 is 0 Å². The molecule has 0 aromatic carbocycles. The first-order chi connectivity index (χ1) is 5.09. The summed E-state index contributed by atoms with van der Waals surface area (Å²) in [5, 5.41) is 1.55. The summed E-state index contributed by atoms with van der Waals surface area (Å²) in [7, 11) is 0. The van der Waals surface area contributed by atoms with Crippen molar-refractivity contribution in [2.24, 2.45) is 10.8 Å². The summed E-state index contributed by atoms with van der Waals surface area (Å²) >= 11 is 0. The van der Waals surface area contributed by atoms with Gasteiger partial charge in [-0.1, -0.05) is 13.5 Å². The standard InChI is InChI=1S/C8H17N3/c1-5-6-10-8(4)11(9)7(2)3/h6-7H,4-5,9H2,1-3H3/b10-6-. The van der Waals surface area contributed by atoms with Gasteiger partial charge in [-0.3, -0.25) is 5.01 Å². The molecule has 0 aliphatic heterocycles. The van der Waals surface area contributed by atoms with Gasteiger partial charge in [0.2, 0.25) is 0 Å². The Morgan fingerprint density at radius 2 is 2.27 bits per heavy atom. The van der Waals surface area contributed by atoms with Gasteiger partial charge in [0.15, 0.2) is 0 Å². The molecular weight excluding hydrogens is 138 g/mol. The lowest BCUT2D eigenvalue weighted by Gasteiger charge is -2.21. The lowest BCUT2D eigenvalue weighted by molar-refractivity contribution is 0.292. The zero-order chi connectivity index (χ0) is 8.85. The monoisotopic (exact) mass is 155 g/mol. The van der Waals surface area contributed by atoms with Crippen LogP contribution in [0.3, 0.4) is 0 Å². The Morgan fingerprint density at radius 1 is 1.73 bits per heavy atom. The first kappa shape index (κ1) is 10.2. The van der Waals surface area contributed by atoms with E-state index in [0.717, 1.165) is 6.42 Å². The Kier molecular flexibility index (Phi) is 4.54. The number of hydrogen-bond acceptors (Lipinski definition) is 3. The van der Waals surface area contributed by atoms with Gasteiger partial charge in [0.05, 0.1) is 0 Å². The second-order valence-corrected chi connectivity index (χ2v) is 2.64. The average molecular weight is 155 g/mol. The fourth-order valence-electron chi connectivity index (χ4n) is 0.561. The number of nitrogens with zero attached hydrogens (tertiary/aromatic N) is 2. The fourth-order valence-corrected chi connectivity index (χ4v) is 0.561. The van der Waals surface area contributed by atoms with Gasteiger partial charge in [-0.2, -0.15) is 0 Å². The molecule has 0 aliphatic carbocycles. The maximum absolute atomic E-state index is 5.62. The Labute approximate surface area is 68.6 Å². The Balaban J connectivity index is 3.93. The zero-order valence-corrected chi connectivity index (χ0v) is 7.54. The highest BCUT2D eigenvalue weighted by molar-refractivity contribution is 5.58. The lowest BCUT2D eigenvalue weighted by Crippen LogP contribution is -2.35. The van der Waals surface area contributed by atoms with Crippen LogP contribution in [-0.2, 0) is 0 Å². The minimum Gasteiger partial charge on any atom is -0.293 e. The van der Waals surface area contributed by atoms with Gasteiger partial charge in [0.25, 0.3) is 0 Å². The summed E-state index contributed by atoms with van der Waals surface area (Å²) in [6, 6.07) is 0.247. The van der Waals surface area contributed by atoms with Crippen LogP contribution in [0.5, 0.6) is 0 Å². The van der Waals surface area contributed by atoms with Crippen molar-refractivity contribution in [2.75, 3.05) is 0 Å².